The van der Waals surface area contributed by atoms with E-state index in [0.29, 0.717) is 17.8 Å². The highest BCUT2D eigenvalue weighted by molar-refractivity contribution is 5.68. The predicted octanol–water partition coefficient (Wildman–Crippen LogP) is 2.50. The molecule has 0 spiro atoms. The van der Waals surface area contributed by atoms with E-state index in [-0.39, 0.29) is 19.3 Å². The summed E-state index contributed by atoms with van der Waals surface area (Å²) in [6, 6.07) is 0. The summed E-state index contributed by atoms with van der Waals surface area (Å²) in [7, 11) is 1.66. The molecule has 7 heteroatoms. The molecule has 0 bridgehead atoms. The molecule has 2 aromatic heterocycles. The zero-order valence-corrected chi connectivity index (χ0v) is 13.4. The monoisotopic (exact) mass is 310 g/mol. The molecule has 3 rings (SSSR count). The molecule has 1 N–H and O–H groups in total. The first-order chi connectivity index (χ1) is 10.7. The number of ether oxygens (including phenoxy) is 2. The maximum atomic E-state index is 11.5. The Morgan fingerprint density at radius 3 is 2.86 bits per heavy atom. The Hall–Kier alpha value is -1.73. The first kappa shape index (κ1) is 16.6. The maximum Gasteiger partial charge on any atom is 0.278 e. The van der Waals surface area contributed by atoms with Gasteiger partial charge in [0.05, 0.1) is 25.4 Å². The summed E-state index contributed by atoms with van der Waals surface area (Å²) in [6.07, 6.45) is 7.40. The molecule has 0 radical (unpaired) electrons. The summed E-state index contributed by atoms with van der Waals surface area (Å²) in [4.78, 5) is 22.3. The molecular formula is C15H26N4O3. The van der Waals surface area contributed by atoms with Crippen LogP contribution in [0.1, 0.15) is 47.2 Å². The van der Waals surface area contributed by atoms with Gasteiger partial charge in [-0.05, 0) is 12.8 Å². The van der Waals surface area contributed by atoms with Gasteiger partial charge in [-0.15, -0.1) is 0 Å². The van der Waals surface area contributed by atoms with Gasteiger partial charge < -0.3 is 14.5 Å². The standard InChI is InChI=1S/C11H14N4O3.C4H10.H2/c1-17-4-7-2-3-8(18-7)15-6-14-9-10(15)12-5-13-11(9)16;1-3-4-2;/h5-8H,2-4H2,1H3,(H,12,13,16);3-4H2,1-2H3;1H/t7?,8-;;/m1../s1. The van der Waals surface area contributed by atoms with Crippen molar-refractivity contribution < 1.29 is 10.9 Å². The van der Waals surface area contributed by atoms with E-state index in [4.69, 9.17) is 9.47 Å². The minimum Gasteiger partial charge on any atom is -0.382 e. The molecule has 124 valence electrons. The van der Waals surface area contributed by atoms with E-state index in [9.17, 15) is 4.79 Å². The second-order valence-electron chi connectivity index (χ2n) is 5.30. The minimum absolute atomic E-state index is 0. The van der Waals surface area contributed by atoms with E-state index in [1.165, 1.54) is 19.2 Å². The molecule has 0 aromatic carbocycles. The topological polar surface area (TPSA) is 82.0 Å². The summed E-state index contributed by atoms with van der Waals surface area (Å²) in [5.41, 5.74) is 0.670. The molecule has 1 aliphatic heterocycles. The van der Waals surface area contributed by atoms with Gasteiger partial charge in [0.15, 0.2) is 11.2 Å². The van der Waals surface area contributed by atoms with Crippen LogP contribution in [0, 0.1) is 0 Å². The quantitative estimate of drug-likeness (QED) is 0.938. The fourth-order valence-corrected chi connectivity index (χ4v) is 2.27. The molecule has 2 aromatic rings. The van der Waals surface area contributed by atoms with Crippen molar-refractivity contribution in [2.75, 3.05) is 13.7 Å². The Kier molecular flexibility index (Phi) is 6.09. The van der Waals surface area contributed by atoms with Crippen LogP contribution in [-0.4, -0.2) is 39.3 Å². The maximum absolute atomic E-state index is 11.5. The van der Waals surface area contributed by atoms with E-state index in [1.54, 1.807) is 18.0 Å². The molecule has 0 amide bonds. The number of methoxy groups -OCH3 is 1. The Morgan fingerprint density at radius 1 is 1.41 bits per heavy atom. The number of imidazole rings is 1. The fourth-order valence-electron chi connectivity index (χ4n) is 2.27. The molecule has 0 aliphatic carbocycles. The summed E-state index contributed by atoms with van der Waals surface area (Å²) in [5.74, 6) is 0. The van der Waals surface area contributed by atoms with Gasteiger partial charge in [-0.1, -0.05) is 26.7 Å². The highest BCUT2D eigenvalue weighted by Gasteiger charge is 2.27. The molecule has 2 atom stereocenters. The Bertz CT molecular complexity index is 641. The Morgan fingerprint density at radius 2 is 2.18 bits per heavy atom. The minimum atomic E-state index is -0.231. The van der Waals surface area contributed by atoms with Crippen LogP contribution in [0.2, 0.25) is 0 Å². The third kappa shape index (κ3) is 3.72. The van der Waals surface area contributed by atoms with E-state index in [0.717, 1.165) is 12.8 Å². The number of aromatic amines is 1. The number of rotatable bonds is 4. The lowest BCUT2D eigenvalue weighted by Gasteiger charge is -2.14. The normalized spacial score (nSPS) is 20.9. The molecule has 7 nitrogen and oxygen atoms in total. The van der Waals surface area contributed by atoms with Crippen LogP contribution in [0.3, 0.4) is 0 Å². The molecule has 1 unspecified atom stereocenters. The van der Waals surface area contributed by atoms with Gasteiger partial charge in [-0.3, -0.25) is 9.36 Å². The smallest absolute Gasteiger partial charge is 0.278 e. The molecule has 1 saturated heterocycles. The average Bonchev–Trinajstić information content (AvgIpc) is 3.15. The molecular weight excluding hydrogens is 284 g/mol. The van der Waals surface area contributed by atoms with Gasteiger partial charge in [0.2, 0.25) is 0 Å². The second-order valence-corrected chi connectivity index (χ2v) is 5.30. The van der Waals surface area contributed by atoms with Crippen molar-refractivity contribution in [1.82, 2.24) is 19.5 Å². The van der Waals surface area contributed by atoms with Crippen LogP contribution < -0.4 is 5.56 Å². The lowest BCUT2D eigenvalue weighted by atomic mass is 10.2. The summed E-state index contributed by atoms with van der Waals surface area (Å²) in [5, 5.41) is 0. The largest absolute Gasteiger partial charge is 0.382 e. The van der Waals surface area contributed by atoms with Crippen molar-refractivity contribution >= 4 is 11.2 Å². The third-order valence-corrected chi connectivity index (χ3v) is 3.61. The van der Waals surface area contributed by atoms with Crippen LogP contribution in [0.25, 0.3) is 11.2 Å². The number of unbranched alkanes of at least 4 members (excludes halogenated alkanes) is 1. The van der Waals surface area contributed by atoms with Crippen molar-refractivity contribution in [2.24, 2.45) is 0 Å². The summed E-state index contributed by atoms with van der Waals surface area (Å²) >= 11 is 0. The fraction of sp³-hybridized carbons (Fsp3) is 0.667. The third-order valence-electron chi connectivity index (χ3n) is 3.61. The SMILES string of the molecule is CCCC.COCC1CC[C@H](n2cnc3c(=O)[nH]cnc32)O1.[HH]. The first-order valence-corrected chi connectivity index (χ1v) is 7.75. The number of fused-ring (bicyclic) bond motifs is 1. The zero-order valence-electron chi connectivity index (χ0n) is 13.4. The van der Waals surface area contributed by atoms with Crippen molar-refractivity contribution in [3.63, 3.8) is 0 Å². The van der Waals surface area contributed by atoms with Crippen molar-refractivity contribution in [3.05, 3.63) is 23.0 Å². The van der Waals surface area contributed by atoms with Gasteiger partial charge >= 0.3 is 0 Å². The molecule has 1 aliphatic rings. The van der Waals surface area contributed by atoms with Gasteiger partial charge in [-0.2, -0.15) is 0 Å². The second kappa shape index (κ2) is 8.05. The Balaban J connectivity index is 0.000000478. The highest BCUT2D eigenvalue weighted by atomic mass is 16.5. The van der Waals surface area contributed by atoms with E-state index >= 15 is 0 Å². The summed E-state index contributed by atoms with van der Waals surface area (Å²) < 4.78 is 12.7. The van der Waals surface area contributed by atoms with E-state index in [2.05, 4.69) is 28.8 Å². The number of H-pyrrole nitrogens is 1. The number of hydrogen-bond donors (Lipinski definition) is 1. The van der Waals surface area contributed by atoms with Crippen LogP contribution in [0.15, 0.2) is 17.4 Å². The van der Waals surface area contributed by atoms with Gasteiger partial charge in [-0.25, -0.2) is 9.97 Å². The lowest BCUT2D eigenvalue weighted by molar-refractivity contribution is -0.0300. The molecule has 0 saturated carbocycles. The lowest BCUT2D eigenvalue weighted by Crippen LogP contribution is -2.16. The number of hydrogen-bond acceptors (Lipinski definition) is 5. The average molecular weight is 310 g/mol. The number of aromatic nitrogens is 4. The number of nitrogens with one attached hydrogen (secondary N) is 1. The highest BCUT2D eigenvalue weighted by Crippen LogP contribution is 2.29. The van der Waals surface area contributed by atoms with Crippen molar-refractivity contribution in [3.8, 4) is 0 Å². The van der Waals surface area contributed by atoms with Gasteiger partial charge in [0.1, 0.15) is 6.23 Å². The first-order valence-electron chi connectivity index (χ1n) is 7.75. The van der Waals surface area contributed by atoms with E-state index < -0.39 is 0 Å². The molecule has 22 heavy (non-hydrogen) atoms. The molecule has 3 heterocycles. The van der Waals surface area contributed by atoms with Crippen LogP contribution in [-0.2, 0) is 9.47 Å². The van der Waals surface area contributed by atoms with Crippen LogP contribution in [0.4, 0.5) is 0 Å². The van der Waals surface area contributed by atoms with Crippen LogP contribution in [0.5, 0.6) is 0 Å². The summed E-state index contributed by atoms with van der Waals surface area (Å²) in [6.45, 7) is 4.94. The van der Waals surface area contributed by atoms with Gasteiger partial charge in [0, 0.05) is 8.54 Å². The van der Waals surface area contributed by atoms with Crippen LogP contribution >= 0.6 is 0 Å². The van der Waals surface area contributed by atoms with Gasteiger partial charge in [0.25, 0.3) is 5.56 Å². The molecule has 1 fully saturated rings. The zero-order chi connectivity index (χ0) is 15.9. The Labute approximate surface area is 131 Å². The van der Waals surface area contributed by atoms with Crippen molar-refractivity contribution in [1.29, 1.82) is 0 Å². The van der Waals surface area contributed by atoms with E-state index in [1.807, 2.05) is 0 Å². The number of nitrogens with zero attached hydrogens (tertiary/aromatic N) is 3. The predicted molar refractivity (Wildman–Crippen MR) is 85.9 cm³/mol. The van der Waals surface area contributed by atoms with Crippen molar-refractivity contribution in [2.45, 2.75) is 51.9 Å².